The molecule has 2 rings (SSSR count). The SMILES string of the molecule is CC(Cc1nn(C)cc1-c1cccc(F)c1)C(=O)O. The van der Waals surface area contributed by atoms with Crippen LogP contribution in [-0.4, -0.2) is 20.9 Å². The van der Waals surface area contributed by atoms with Gasteiger partial charge in [0.15, 0.2) is 0 Å². The second-order valence-corrected chi connectivity index (χ2v) is 4.62. The molecule has 0 radical (unpaired) electrons. The quantitative estimate of drug-likeness (QED) is 0.921. The Kier molecular flexibility index (Phi) is 3.64. The van der Waals surface area contributed by atoms with Gasteiger partial charge in [-0.3, -0.25) is 9.48 Å². The van der Waals surface area contributed by atoms with Crippen LogP contribution in [0.5, 0.6) is 0 Å². The number of carbonyl (C=O) groups is 1. The largest absolute Gasteiger partial charge is 0.481 e. The summed E-state index contributed by atoms with van der Waals surface area (Å²) in [5.74, 6) is -1.71. The van der Waals surface area contributed by atoms with Gasteiger partial charge in [-0.15, -0.1) is 0 Å². The van der Waals surface area contributed by atoms with E-state index in [0.29, 0.717) is 17.7 Å². The smallest absolute Gasteiger partial charge is 0.306 e. The minimum atomic E-state index is -0.865. The van der Waals surface area contributed by atoms with Gasteiger partial charge in [-0.1, -0.05) is 19.1 Å². The highest BCUT2D eigenvalue weighted by molar-refractivity contribution is 5.71. The van der Waals surface area contributed by atoms with Crippen molar-refractivity contribution in [3.8, 4) is 11.1 Å². The van der Waals surface area contributed by atoms with E-state index in [9.17, 15) is 9.18 Å². The third-order valence-electron chi connectivity index (χ3n) is 2.96. The molecule has 1 aromatic carbocycles. The van der Waals surface area contributed by atoms with Gasteiger partial charge in [0.2, 0.25) is 0 Å². The highest BCUT2D eigenvalue weighted by Crippen LogP contribution is 2.25. The normalized spacial score (nSPS) is 12.4. The Hall–Kier alpha value is -2.17. The topological polar surface area (TPSA) is 55.1 Å². The van der Waals surface area contributed by atoms with Crippen LogP contribution in [0.1, 0.15) is 12.6 Å². The lowest BCUT2D eigenvalue weighted by atomic mass is 9.99. The van der Waals surface area contributed by atoms with Gasteiger partial charge in [0.1, 0.15) is 5.82 Å². The zero-order valence-electron chi connectivity index (χ0n) is 10.8. The van der Waals surface area contributed by atoms with Crippen LogP contribution in [-0.2, 0) is 18.3 Å². The number of benzene rings is 1. The molecule has 0 fully saturated rings. The average molecular weight is 262 g/mol. The van der Waals surface area contributed by atoms with E-state index >= 15 is 0 Å². The van der Waals surface area contributed by atoms with Crippen molar-refractivity contribution in [2.45, 2.75) is 13.3 Å². The fraction of sp³-hybridized carbons (Fsp3) is 0.286. The number of carboxylic acids is 1. The summed E-state index contributed by atoms with van der Waals surface area (Å²) in [5, 5.41) is 13.2. The first-order valence-electron chi connectivity index (χ1n) is 5.98. The number of aromatic nitrogens is 2. The molecule has 0 aliphatic rings. The number of halogens is 1. The minimum absolute atomic E-state index is 0.321. The maximum atomic E-state index is 13.3. The summed E-state index contributed by atoms with van der Waals surface area (Å²) in [6, 6.07) is 6.21. The van der Waals surface area contributed by atoms with Crippen molar-refractivity contribution in [2.24, 2.45) is 13.0 Å². The van der Waals surface area contributed by atoms with E-state index in [1.807, 2.05) is 0 Å². The van der Waals surface area contributed by atoms with Crippen LogP contribution in [0.4, 0.5) is 4.39 Å². The van der Waals surface area contributed by atoms with Crippen LogP contribution >= 0.6 is 0 Å². The van der Waals surface area contributed by atoms with E-state index in [0.717, 1.165) is 5.56 Å². The molecule has 1 unspecified atom stereocenters. The first-order valence-corrected chi connectivity index (χ1v) is 5.98. The summed E-state index contributed by atoms with van der Waals surface area (Å²) in [4.78, 5) is 10.9. The van der Waals surface area contributed by atoms with Gasteiger partial charge in [0.25, 0.3) is 0 Å². The Labute approximate surface area is 110 Å². The standard InChI is InChI=1S/C14H15FN2O2/c1-9(14(18)19)6-13-12(8-17(2)16-13)10-4-3-5-11(15)7-10/h3-5,7-9H,6H2,1-2H3,(H,18,19). The second-order valence-electron chi connectivity index (χ2n) is 4.62. The van der Waals surface area contributed by atoms with E-state index in [2.05, 4.69) is 5.10 Å². The van der Waals surface area contributed by atoms with Crippen LogP contribution in [0.15, 0.2) is 30.5 Å². The molecule has 100 valence electrons. The van der Waals surface area contributed by atoms with Crippen molar-refractivity contribution >= 4 is 5.97 Å². The molecule has 0 bridgehead atoms. The Bertz CT molecular complexity index is 607. The maximum absolute atomic E-state index is 13.3. The molecule has 0 saturated heterocycles. The molecule has 1 N–H and O–H groups in total. The predicted molar refractivity (Wildman–Crippen MR) is 69.1 cm³/mol. The lowest BCUT2D eigenvalue weighted by molar-refractivity contribution is -0.141. The number of nitrogens with zero attached hydrogens (tertiary/aromatic N) is 2. The monoisotopic (exact) mass is 262 g/mol. The van der Waals surface area contributed by atoms with E-state index in [1.54, 1.807) is 37.0 Å². The van der Waals surface area contributed by atoms with Crippen molar-refractivity contribution in [1.82, 2.24) is 9.78 Å². The van der Waals surface area contributed by atoms with Crippen LogP contribution in [0.3, 0.4) is 0 Å². The van der Waals surface area contributed by atoms with Gasteiger partial charge < -0.3 is 5.11 Å². The molecular weight excluding hydrogens is 247 g/mol. The molecule has 1 heterocycles. The summed E-state index contributed by atoms with van der Waals surface area (Å²) < 4.78 is 14.9. The molecule has 5 heteroatoms. The zero-order valence-corrected chi connectivity index (χ0v) is 10.8. The fourth-order valence-electron chi connectivity index (χ4n) is 1.96. The summed E-state index contributed by atoms with van der Waals surface area (Å²) in [6.45, 7) is 1.63. The highest BCUT2D eigenvalue weighted by Gasteiger charge is 2.17. The second kappa shape index (κ2) is 5.22. The third-order valence-corrected chi connectivity index (χ3v) is 2.96. The molecule has 4 nitrogen and oxygen atoms in total. The fourth-order valence-corrected chi connectivity index (χ4v) is 1.96. The number of carboxylic acid groups (broad SMARTS) is 1. The molecule has 0 aliphatic heterocycles. The van der Waals surface area contributed by atoms with Gasteiger partial charge in [-0.25, -0.2) is 4.39 Å². The first-order chi connectivity index (χ1) is 8.97. The molecule has 0 saturated carbocycles. The van der Waals surface area contributed by atoms with Gasteiger partial charge >= 0.3 is 5.97 Å². The van der Waals surface area contributed by atoms with Crippen LogP contribution in [0.2, 0.25) is 0 Å². The average Bonchev–Trinajstić information content (AvgIpc) is 2.70. The Morgan fingerprint density at radius 1 is 1.53 bits per heavy atom. The Morgan fingerprint density at radius 3 is 2.89 bits per heavy atom. The Morgan fingerprint density at radius 2 is 2.26 bits per heavy atom. The van der Waals surface area contributed by atoms with Crippen LogP contribution < -0.4 is 0 Å². The van der Waals surface area contributed by atoms with E-state index in [4.69, 9.17) is 5.11 Å². The number of hydrogen-bond donors (Lipinski definition) is 1. The maximum Gasteiger partial charge on any atom is 0.306 e. The number of aryl methyl sites for hydroxylation is 1. The lowest BCUT2D eigenvalue weighted by Crippen LogP contribution is -2.13. The summed E-state index contributed by atoms with van der Waals surface area (Å²) in [7, 11) is 1.76. The summed E-state index contributed by atoms with van der Waals surface area (Å²) in [5.41, 5.74) is 2.15. The lowest BCUT2D eigenvalue weighted by Gasteiger charge is -2.06. The molecule has 0 aliphatic carbocycles. The summed E-state index contributed by atoms with van der Waals surface area (Å²) >= 11 is 0. The number of aliphatic carboxylic acids is 1. The number of rotatable bonds is 4. The van der Waals surface area contributed by atoms with Gasteiger partial charge in [-0.2, -0.15) is 5.10 Å². The van der Waals surface area contributed by atoms with Crippen molar-refractivity contribution in [3.05, 3.63) is 42.0 Å². The van der Waals surface area contributed by atoms with Crippen LogP contribution in [0.25, 0.3) is 11.1 Å². The molecular formula is C14H15FN2O2. The molecule has 1 aromatic heterocycles. The van der Waals surface area contributed by atoms with Gasteiger partial charge in [-0.05, 0) is 17.7 Å². The van der Waals surface area contributed by atoms with Crippen molar-refractivity contribution < 1.29 is 14.3 Å². The molecule has 0 spiro atoms. The zero-order chi connectivity index (χ0) is 14.0. The molecule has 1 atom stereocenters. The highest BCUT2D eigenvalue weighted by atomic mass is 19.1. The van der Waals surface area contributed by atoms with E-state index in [1.165, 1.54) is 12.1 Å². The van der Waals surface area contributed by atoms with Crippen LogP contribution in [0, 0.1) is 11.7 Å². The molecule has 0 amide bonds. The number of hydrogen-bond acceptors (Lipinski definition) is 2. The molecule has 19 heavy (non-hydrogen) atoms. The van der Waals surface area contributed by atoms with Crippen molar-refractivity contribution in [2.75, 3.05) is 0 Å². The Balaban J connectivity index is 2.38. The van der Waals surface area contributed by atoms with Crippen molar-refractivity contribution in [1.29, 1.82) is 0 Å². The van der Waals surface area contributed by atoms with Crippen molar-refractivity contribution in [3.63, 3.8) is 0 Å². The van der Waals surface area contributed by atoms with E-state index in [-0.39, 0.29) is 5.82 Å². The third kappa shape index (κ3) is 2.99. The summed E-state index contributed by atoms with van der Waals surface area (Å²) in [6.07, 6.45) is 2.10. The van der Waals surface area contributed by atoms with Gasteiger partial charge in [0, 0.05) is 25.2 Å². The first kappa shape index (κ1) is 13.3. The minimum Gasteiger partial charge on any atom is -0.481 e. The van der Waals surface area contributed by atoms with E-state index < -0.39 is 11.9 Å². The van der Waals surface area contributed by atoms with Gasteiger partial charge in [0.05, 0.1) is 11.6 Å². The molecule has 2 aromatic rings. The predicted octanol–water partition coefficient (Wildman–Crippen LogP) is 2.49.